The normalized spacial score (nSPS) is 17.9. The van der Waals surface area contributed by atoms with Crippen molar-refractivity contribution in [2.75, 3.05) is 30.3 Å². The van der Waals surface area contributed by atoms with Gasteiger partial charge in [-0.25, -0.2) is 4.79 Å². The Labute approximate surface area is 163 Å². The van der Waals surface area contributed by atoms with E-state index in [2.05, 4.69) is 9.47 Å². The summed E-state index contributed by atoms with van der Waals surface area (Å²) < 4.78 is 7.14. The van der Waals surface area contributed by atoms with Crippen molar-refractivity contribution in [1.82, 2.24) is 4.57 Å². The first-order valence-corrected chi connectivity index (χ1v) is 10.0. The van der Waals surface area contributed by atoms with E-state index in [9.17, 15) is 14.7 Å². The minimum Gasteiger partial charge on any atom is -0.462 e. The lowest BCUT2D eigenvalue weighted by Gasteiger charge is -2.34. The number of piperidine rings is 1. The van der Waals surface area contributed by atoms with Gasteiger partial charge in [0.15, 0.2) is 0 Å². The van der Waals surface area contributed by atoms with Crippen molar-refractivity contribution < 1.29 is 14.6 Å². The highest BCUT2D eigenvalue weighted by molar-refractivity contribution is 5.98. The van der Waals surface area contributed by atoms with Crippen LogP contribution in [0.25, 0.3) is 10.9 Å². The van der Waals surface area contributed by atoms with Crippen LogP contribution < -0.4 is 16.1 Å². The predicted octanol–water partition coefficient (Wildman–Crippen LogP) is 2.36. The number of carbonyl (C=O) groups is 1. The number of aliphatic hydroxyl groups is 1. The highest BCUT2D eigenvalue weighted by Crippen LogP contribution is 2.41. The summed E-state index contributed by atoms with van der Waals surface area (Å²) in [5, 5.41) is 10.3. The predicted molar refractivity (Wildman–Crippen MR) is 109 cm³/mol. The van der Waals surface area contributed by atoms with Crippen molar-refractivity contribution in [3.8, 4) is 0 Å². The molecule has 1 saturated heterocycles. The summed E-state index contributed by atoms with van der Waals surface area (Å²) in [6.07, 6.45) is 4.84. The molecule has 0 radical (unpaired) electrons. The third-order valence-electron chi connectivity index (χ3n) is 5.77. The highest BCUT2D eigenvalue weighted by Gasteiger charge is 2.30. The third kappa shape index (κ3) is 3.13. The van der Waals surface area contributed by atoms with E-state index in [4.69, 9.17) is 10.5 Å². The van der Waals surface area contributed by atoms with Crippen molar-refractivity contribution in [3.63, 3.8) is 0 Å². The third-order valence-corrected chi connectivity index (χ3v) is 5.77. The van der Waals surface area contributed by atoms with Crippen LogP contribution in [-0.4, -0.2) is 41.4 Å². The van der Waals surface area contributed by atoms with Crippen molar-refractivity contribution in [2.24, 2.45) is 0 Å². The summed E-state index contributed by atoms with van der Waals surface area (Å²) in [4.78, 5) is 27.6. The second-order valence-electron chi connectivity index (χ2n) is 7.78. The first kappa shape index (κ1) is 18.8. The molecule has 0 spiro atoms. The standard InChI is InChI=1S/C21H27N3O4/c1-3-28-21(27)16-11-24(13-4-5-13)18-12(2)19(17(22)10-15(18)20(16)26)23-8-6-14(25)7-9-23/h10-11,13-14,25H,3-9,22H2,1-2H3. The highest BCUT2D eigenvalue weighted by atomic mass is 16.5. The number of nitrogens with two attached hydrogens (primary N) is 1. The van der Waals surface area contributed by atoms with Gasteiger partial charge < -0.3 is 25.0 Å². The second-order valence-corrected chi connectivity index (χ2v) is 7.78. The SMILES string of the molecule is CCOC(=O)c1cn(C2CC2)c2c(C)c(N3CCC(O)CC3)c(N)cc2c1=O. The van der Waals surface area contributed by atoms with Gasteiger partial charge in [-0.1, -0.05) is 0 Å². The fraction of sp³-hybridized carbons (Fsp3) is 0.524. The summed E-state index contributed by atoms with van der Waals surface area (Å²) >= 11 is 0. The van der Waals surface area contributed by atoms with Gasteiger partial charge in [0, 0.05) is 30.7 Å². The molecule has 0 unspecified atom stereocenters. The zero-order chi connectivity index (χ0) is 20.0. The zero-order valence-electron chi connectivity index (χ0n) is 16.4. The molecule has 1 aromatic carbocycles. The number of hydrogen-bond acceptors (Lipinski definition) is 6. The molecule has 1 aliphatic carbocycles. The Kier molecular flexibility index (Phi) is 4.79. The number of esters is 1. The summed E-state index contributed by atoms with van der Waals surface area (Å²) in [5.41, 5.74) is 9.36. The minimum atomic E-state index is -0.589. The van der Waals surface area contributed by atoms with Crippen LogP contribution in [0.5, 0.6) is 0 Å². The van der Waals surface area contributed by atoms with Crippen molar-refractivity contribution in [1.29, 1.82) is 0 Å². The van der Waals surface area contributed by atoms with Crippen LogP contribution in [0, 0.1) is 6.92 Å². The molecule has 0 atom stereocenters. The Morgan fingerprint density at radius 3 is 2.57 bits per heavy atom. The average Bonchev–Trinajstić information content (AvgIpc) is 3.49. The number of fused-ring (bicyclic) bond motifs is 1. The quantitative estimate of drug-likeness (QED) is 0.619. The molecule has 1 aliphatic heterocycles. The molecule has 4 rings (SSSR count). The molecule has 0 bridgehead atoms. The van der Waals surface area contributed by atoms with Gasteiger partial charge in [-0.3, -0.25) is 4.79 Å². The maximum absolute atomic E-state index is 13.1. The monoisotopic (exact) mass is 385 g/mol. The number of hydrogen-bond donors (Lipinski definition) is 2. The molecule has 3 N–H and O–H groups in total. The Balaban J connectivity index is 1.92. The number of pyridine rings is 1. The number of ether oxygens (including phenoxy) is 1. The summed E-state index contributed by atoms with van der Waals surface area (Å²) in [5.74, 6) is -0.589. The topological polar surface area (TPSA) is 97.8 Å². The molecular weight excluding hydrogens is 358 g/mol. The van der Waals surface area contributed by atoms with Crippen LogP contribution in [0.2, 0.25) is 0 Å². The summed E-state index contributed by atoms with van der Waals surface area (Å²) in [7, 11) is 0. The molecule has 150 valence electrons. The number of rotatable bonds is 4. The Hall–Kier alpha value is -2.54. The minimum absolute atomic E-state index is 0.0638. The van der Waals surface area contributed by atoms with Crippen LogP contribution >= 0.6 is 0 Å². The Morgan fingerprint density at radius 1 is 1.29 bits per heavy atom. The van der Waals surface area contributed by atoms with Gasteiger partial charge in [0.1, 0.15) is 5.56 Å². The maximum atomic E-state index is 13.1. The molecule has 28 heavy (non-hydrogen) atoms. The first-order valence-electron chi connectivity index (χ1n) is 10.0. The Bertz CT molecular complexity index is 986. The number of aromatic nitrogens is 1. The number of nitrogen functional groups attached to an aromatic ring is 1. The van der Waals surface area contributed by atoms with E-state index in [1.54, 1.807) is 19.2 Å². The van der Waals surface area contributed by atoms with E-state index in [0.717, 1.165) is 42.7 Å². The van der Waals surface area contributed by atoms with Gasteiger partial charge in [0.05, 0.1) is 29.6 Å². The molecule has 1 aromatic heterocycles. The van der Waals surface area contributed by atoms with E-state index in [0.29, 0.717) is 23.9 Å². The van der Waals surface area contributed by atoms with Crippen LogP contribution in [0.3, 0.4) is 0 Å². The Morgan fingerprint density at radius 2 is 1.96 bits per heavy atom. The summed E-state index contributed by atoms with van der Waals surface area (Å²) in [6, 6.07) is 1.99. The smallest absolute Gasteiger partial charge is 0.343 e. The fourth-order valence-corrected chi connectivity index (χ4v) is 4.24. The van der Waals surface area contributed by atoms with Gasteiger partial charge in [0.25, 0.3) is 0 Å². The van der Waals surface area contributed by atoms with Gasteiger partial charge in [-0.15, -0.1) is 0 Å². The molecule has 2 aliphatic rings. The van der Waals surface area contributed by atoms with Crippen LogP contribution in [0.1, 0.15) is 54.6 Å². The number of anilines is 2. The molecule has 7 nitrogen and oxygen atoms in total. The van der Waals surface area contributed by atoms with Crippen LogP contribution in [-0.2, 0) is 4.74 Å². The van der Waals surface area contributed by atoms with E-state index in [1.165, 1.54) is 0 Å². The average molecular weight is 385 g/mol. The number of aryl methyl sites for hydroxylation is 1. The molecule has 2 aromatic rings. The van der Waals surface area contributed by atoms with E-state index >= 15 is 0 Å². The lowest BCUT2D eigenvalue weighted by atomic mass is 10.0. The van der Waals surface area contributed by atoms with E-state index in [1.807, 2.05) is 6.92 Å². The van der Waals surface area contributed by atoms with Gasteiger partial charge in [0.2, 0.25) is 5.43 Å². The number of nitrogens with zero attached hydrogens (tertiary/aromatic N) is 2. The first-order chi connectivity index (χ1) is 13.4. The van der Waals surface area contributed by atoms with Crippen molar-refractivity contribution in [3.05, 3.63) is 33.6 Å². The number of benzene rings is 1. The molecular formula is C21H27N3O4. The zero-order valence-corrected chi connectivity index (χ0v) is 16.4. The van der Waals surface area contributed by atoms with Crippen molar-refractivity contribution >= 4 is 28.2 Å². The van der Waals surface area contributed by atoms with Gasteiger partial charge in [-0.05, 0) is 51.2 Å². The maximum Gasteiger partial charge on any atom is 0.343 e. The molecule has 7 heteroatoms. The van der Waals surface area contributed by atoms with Gasteiger partial charge >= 0.3 is 5.97 Å². The molecule has 2 fully saturated rings. The van der Waals surface area contributed by atoms with E-state index in [-0.39, 0.29) is 29.7 Å². The molecule has 0 amide bonds. The lowest BCUT2D eigenvalue weighted by molar-refractivity contribution is 0.0524. The lowest BCUT2D eigenvalue weighted by Crippen LogP contribution is -2.36. The number of aliphatic hydroxyl groups excluding tert-OH is 1. The molecule has 1 saturated carbocycles. The fourth-order valence-electron chi connectivity index (χ4n) is 4.24. The number of carbonyl (C=O) groups excluding carboxylic acids is 1. The largest absolute Gasteiger partial charge is 0.462 e. The second kappa shape index (κ2) is 7.13. The van der Waals surface area contributed by atoms with Crippen LogP contribution in [0.15, 0.2) is 17.1 Å². The van der Waals surface area contributed by atoms with Crippen molar-refractivity contribution in [2.45, 2.75) is 51.7 Å². The van der Waals surface area contributed by atoms with Crippen LogP contribution in [0.4, 0.5) is 11.4 Å². The van der Waals surface area contributed by atoms with Gasteiger partial charge in [-0.2, -0.15) is 0 Å². The van der Waals surface area contributed by atoms with E-state index < -0.39 is 5.97 Å². The molecule has 2 heterocycles. The summed E-state index contributed by atoms with van der Waals surface area (Å²) in [6.45, 7) is 5.39.